The Hall–Kier alpha value is -1.81. The minimum Gasteiger partial charge on any atom is -0.491 e. The van der Waals surface area contributed by atoms with E-state index in [1.54, 1.807) is 0 Å². The van der Waals surface area contributed by atoms with Gasteiger partial charge in [-0.25, -0.2) is 4.98 Å². The number of nitrogens with zero attached hydrogens (tertiary/aromatic N) is 2. The van der Waals surface area contributed by atoms with Gasteiger partial charge in [-0.15, -0.1) is 0 Å². The van der Waals surface area contributed by atoms with E-state index >= 15 is 0 Å². The van der Waals surface area contributed by atoms with Gasteiger partial charge in [0.15, 0.2) is 0 Å². The average Bonchev–Trinajstić information content (AvgIpc) is 2.88. The maximum absolute atomic E-state index is 5.87. The molecule has 0 radical (unpaired) electrons. The molecular formula is C15H21N3O. The molecule has 0 unspecified atom stereocenters. The summed E-state index contributed by atoms with van der Waals surface area (Å²) >= 11 is 0. The van der Waals surface area contributed by atoms with Gasteiger partial charge in [0, 0.05) is 30.9 Å². The van der Waals surface area contributed by atoms with Crippen molar-refractivity contribution in [2.24, 2.45) is 0 Å². The van der Waals surface area contributed by atoms with Crippen LogP contribution >= 0.6 is 0 Å². The molecule has 1 aromatic heterocycles. The van der Waals surface area contributed by atoms with E-state index < -0.39 is 0 Å². The molecule has 2 rings (SSSR count). The summed E-state index contributed by atoms with van der Waals surface area (Å²) < 4.78 is 8.01. The first-order valence-corrected chi connectivity index (χ1v) is 6.70. The van der Waals surface area contributed by atoms with Crippen LogP contribution in [-0.4, -0.2) is 23.2 Å². The van der Waals surface area contributed by atoms with Gasteiger partial charge < -0.3 is 14.6 Å². The number of hydrogen-bond donors (Lipinski definition) is 1. The van der Waals surface area contributed by atoms with Crippen LogP contribution in [-0.2, 0) is 19.5 Å². The summed E-state index contributed by atoms with van der Waals surface area (Å²) in [7, 11) is 1.94. The second kappa shape index (κ2) is 6.95. The molecule has 0 bridgehead atoms. The van der Waals surface area contributed by atoms with Crippen LogP contribution in [0.1, 0.15) is 18.3 Å². The summed E-state index contributed by atoms with van der Waals surface area (Å²) in [4.78, 5) is 4.30. The Morgan fingerprint density at radius 1 is 1.32 bits per heavy atom. The molecule has 0 amide bonds. The third-order valence-electron chi connectivity index (χ3n) is 3.05. The molecule has 4 nitrogen and oxygen atoms in total. The maximum Gasteiger partial charge on any atom is 0.123 e. The van der Waals surface area contributed by atoms with Crippen LogP contribution in [0.25, 0.3) is 0 Å². The highest BCUT2D eigenvalue weighted by molar-refractivity contribution is 5.33. The standard InChI is InChI=1S/C15H21N3O/c1-3-15-17-8-9-18(15)10-11-19-14-7-5-4-6-13(14)12-16-2/h4-9,16H,3,10-12H2,1-2H3. The summed E-state index contributed by atoms with van der Waals surface area (Å²) in [6, 6.07) is 8.13. The van der Waals surface area contributed by atoms with E-state index in [0.717, 1.165) is 31.1 Å². The fourth-order valence-corrected chi connectivity index (χ4v) is 2.09. The van der Waals surface area contributed by atoms with Crippen LogP contribution < -0.4 is 10.1 Å². The Morgan fingerprint density at radius 3 is 2.95 bits per heavy atom. The third-order valence-corrected chi connectivity index (χ3v) is 3.05. The number of rotatable bonds is 7. The van der Waals surface area contributed by atoms with Gasteiger partial charge in [0.25, 0.3) is 0 Å². The van der Waals surface area contributed by atoms with Gasteiger partial charge in [0.05, 0.1) is 6.54 Å². The summed E-state index contributed by atoms with van der Waals surface area (Å²) in [5.74, 6) is 2.06. The lowest BCUT2D eigenvalue weighted by atomic mass is 10.2. The zero-order chi connectivity index (χ0) is 13.5. The second-order valence-corrected chi connectivity index (χ2v) is 4.38. The van der Waals surface area contributed by atoms with E-state index in [1.807, 2.05) is 37.6 Å². The number of para-hydroxylation sites is 1. The Labute approximate surface area is 114 Å². The first kappa shape index (κ1) is 13.6. The number of ether oxygens (including phenoxy) is 1. The van der Waals surface area contributed by atoms with Gasteiger partial charge in [-0.1, -0.05) is 25.1 Å². The molecule has 0 atom stereocenters. The molecule has 4 heteroatoms. The zero-order valence-electron chi connectivity index (χ0n) is 11.6. The molecule has 0 fully saturated rings. The molecule has 0 saturated heterocycles. The number of hydrogen-bond acceptors (Lipinski definition) is 3. The number of aromatic nitrogens is 2. The summed E-state index contributed by atoms with van der Waals surface area (Å²) in [5, 5.41) is 3.15. The molecule has 102 valence electrons. The highest BCUT2D eigenvalue weighted by Crippen LogP contribution is 2.17. The van der Waals surface area contributed by atoms with Crippen LogP contribution in [0.2, 0.25) is 0 Å². The fraction of sp³-hybridized carbons (Fsp3) is 0.400. The van der Waals surface area contributed by atoms with Gasteiger partial charge in [-0.2, -0.15) is 0 Å². The van der Waals surface area contributed by atoms with Crippen LogP contribution in [0.3, 0.4) is 0 Å². The Kier molecular flexibility index (Phi) is 4.98. The van der Waals surface area contributed by atoms with Crippen LogP contribution in [0.4, 0.5) is 0 Å². The smallest absolute Gasteiger partial charge is 0.123 e. The molecule has 0 spiro atoms. The second-order valence-electron chi connectivity index (χ2n) is 4.38. The van der Waals surface area contributed by atoms with Crippen molar-refractivity contribution >= 4 is 0 Å². The summed E-state index contributed by atoms with van der Waals surface area (Å²) in [6.45, 7) is 4.42. The van der Waals surface area contributed by atoms with Crippen molar-refractivity contribution < 1.29 is 4.74 Å². The number of nitrogens with one attached hydrogen (secondary N) is 1. The Bertz CT molecular complexity index is 508. The predicted octanol–water partition coefficient (Wildman–Crippen LogP) is 2.24. The molecule has 1 aromatic carbocycles. The van der Waals surface area contributed by atoms with Crippen molar-refractivity contribution in [3.05, 3.63) is 48.0 Å². The van der Waals surface area contributed by atoms with Crippen molar-refractivity contribution in [1.82, 2.24) is 14.9 Å². The number of imidazole rings is 1. The molecular weight excluding hydrogens is 238 g/mol. The largest absolute Gasteiger partial charge is 0.491 e. The van der Waals surface area contributed by atoms with Crippen molar-refractivity contribution in [2.75, 3.05) is 13.7 Å². The van der Waals surface area contributed by atoms with E-state index in [-0.39, 0.29) is 0 Å². The monoisotopic (exact) mass is 259 g/mol. The Balaban J connectivity index is 1.92. The van der Waals surface area contributed by atoms with Crippen molar-refractivity contribution in [1.29, 1.82) is 0 Å². The van der Waals surface area contributed by atoms with E-state index in [9.17, 15) is 0 Å². The minimum atomic E-state index is 0.657. The lowest BCUT2D eigenvalue weighted by Gasteiger charge is -2.12. The highest BCUT2D eigenvalue weighted by atomic mass is 16.5. The fourth-order valence-electron chi connectivity index (χ4n) is 2.09. The molecule has 0 aliphatic heterocycles. The number of benzene rings is 1. The first-order valence-electron chi connectivity index (χ1n) is 6.70. The van der Waals surface area contributed by atoms with Gasteiger partial charge in [0.2, 0.25) is 0 Å². The SMILES string of the molecule is CCc1nccn1CCOc1ccccc1CNC. The van der Waals surface area contributed by atoms with E-state index in [2.05, 4.69) is 27.9 Å². The molecule has 0 saturated carbocycles. The molecule has 0 aliphatic rings. The number of aryl methyl sites for hydroxylation is 1. The van der Waals surface area contributed by atoms with Crippen molar-refractivity contribution in [2.45, 2.75) is 26.4 Å². The van der Waals surface area contributed by atoms with Crippen LogP contribution in [0, 0.1) is 0 Å². The summed E-state index contributed by atoms with van der Waals surface area (Å²) in [5.41, 5.74) is 1.19. The maximum atomic E-state index is 5.87. The summed E-state index contributed by atoms with van der Waals surface area (Å²) in [6.07, 6.45) is 4.79. The molecule has 2 aromatic rings. The van der Waals surface area contributed by atoms with Gasteiger partial charge in [0.1, 0.15) is 18.2 Å². The van der Waals surface area contributed by atoms with Crippen molar-refractivity contribution in [3.8, 4) is 5.75 Å². The van der Waals surface area contributed by atoms with Gasteiger partial charge in [-0.05, 0) is 13.1 Å². The normalized spacial score (nSPS) is 10.6. The van der Waals surface area contributed by atoms with Crippen LogP contribution in [0.15, 0.2) is 36.7 Å². The minimum absolute atomic E-state index is 0.657. The average molecular weight is 259 g/mol. The molecule has 1 N–H and O–H groups in total. The topological polar surface area (TPSA) is 39.1 Å². The van der Waals surface area contributed by atoms with Gasteiger partial charge >= 0.3 is 0 Å². The first-order chi connectivity index (χ1) is 9.35. The zero-order valence-corrected chi connectivity index (χ0v) is 11.6. The lowest BCUT2D eigenvalue weighted by Crippen LogP contribution is -2.12. The molecule has 19 heavy (non-hydrogen) atoms. The molecule has 1 heterocycles. The van der Waals surface area contributed by atoms with E-state index in [1.165, 1.54) is 5.56 Å². The Morgan fingerprint density at radius 2 is 2.16 bits per heavy atom. The van der Waals surface area contributed by atoms with Crippen LogP contribution in [0.5, 0.6) is 5.75 Å². The highest BCUT2D eigenvalue weighted by Gasteiger charge is 2.03. The molecule has 0 aliphatic carbocycles. The lowest BCUT2D eigenvalue weighted by molar-refractivity contribution is 0.293. The van der Waals surface area contributed by atoms with E-state index in [4.69, 9.17) is 4.74 Å². The van der Waals surface area contributed by atoms with Gasteiger partial charge in [-0.3, -0.25) is 0 Å². The third kappa shape index (κ3) is 3.58. The van der Waals surface area contributed by atoms with E-state index in [0.29, 0.717) is 6.61 Å². The van der Waals surface area contributed by atoms with Crippen molar-refractivity contribution in [3.63, 3.8) is 0 Å². The quantitative estimate of drug-likeness (QED) is 0.829. The predicted molar refractivity (Wildman–Crippen MR) is 76.3 cm³/mol.